The van der Waals surface area contributed by atoms with Gasteiger partial charge in [0.15, 0.2) is 0 Å². The molecule has 2 aliphatic rings. The summed E-state index contributed by atoms with van der Waals surface area (Å²) in [6.07, 6.45) is 2.78. The monoisotopic (exact) mass is 427 g/mol. The Kier molecular flexibility index (Phi) is 5.52. The van der Waals surface area contributed by atoms with Crippen LogP contribution in [0.3, 0.4) is 0 Å². The fourth-order valence-corrected chi connectivity index (χ4v) is 4.75. The van der Waals surface area contributed by atoms with Crippen molar-refractivity contribution < 1.29 is 4.79 Å². The summed E-state index contributed by atoms with van der Waals surface area (Å²) in [7, 11) is 0. The van der Waals surface area contributed by atoms with E-state index in [2.05, 4.69) is 70.4 Å². The van der Waals surface area contributed by atoms with Crippen molar-refractivity contribution >= 4 is 28.2 Å². The minimum Gasteiger partial charge on any atom is -0.367 e. The van der Waals surface area contributed by atoms with Gasteiger partial charge < -0.3 is 9.80 Å². The van der Waals surface area contributed by atoms with E-state index in [9.17, 15) is 4.79 Å². The Morgan fingerprint density at radius 2 is 1.84 bits per heavy atom. The molecule has 32 heavy (non-hydrogen) atoms. The number of aromatic nitrogens is 1. The van der Waals surface area contributed by atoms with Crippen LogP contribution in [-0.2, 0) is 4.79 Å². The number of nitrogens with zero attached hydrogens (tertiary/aromatic N) is 5. The number of amides is 1. The van der Waals surface area contributed by atoms with Crippen molar-refractivity contribution in [3.8, 4) is 11.1 Å². The summed E-state index contributed by atoms with van der Waals surface area (Å²) in [5.41, 5.74) is 5.74. The van der Waals surface area contributed by atoms with Crippen molar-refractivity contribution in [2.45, 2.75) is 26.3 Å². The number of carbonyl (C=O) groups is 1. The van der Waals surface area contributed by atoms with Gasteiger partial charge in [0, 0.05) is 61.1 Å². The quantitative estimate of drug-likeness (QED) is 0.631. The van der Waals surface area contributed by atoms with Crippen LogP contribution >= 0.6 is 0 Å². The van der Waals surface area contributed by atoms with E-state index in [0.717, 1.165) is 49.2 Å². The highest BCUT2D eigenvalue weighted by Gasteiger charge is 2.27. The Morgan fingerprint density at radius 3 is 2.62 bits per heavy atom. The number of piperazine rings is 1. The first-order valence-electron chi connectivity index (χ1n) is 11.4. The Balaban J connectivity index is 1.29. The Hall–Kier alpha value is -3.41. The maximum atomic E-state index is 12.9. The van der Waals surface area contributed by atoms with Crippen LogP contribution in [0.25, 0.3) is 22.0 Å². The van der Waals surface area contributed by atoms with Gasteiger partial charge in [0.05, 0.1) is 11.6 Å². The molecule has 3 aromatic rings. The number of anilines is 1. The summed E-state index contributed by atoms with van der Waals surface area (Å²) < 4.78 is 0. The van der Waals surface area contributed by atoms with Gasteiger partial charge in [-0.05, 0) is 43.7 Å². The third-order valence-electron chi connectivity index (χ3n) is 6.49. The van der Waals surface area contributed by atoms with Crippen molar-refractivity contribution in [2.75, 3.05) is 37.6 Å². The molecule has 3 heterocycles. The van der Waals surface area contributed by atoms with Crippen LogP contribution in [0.4, 0.5) is 5.69 Å². The summed E-state index contributed by atoms with van der Waals surface area (Å²) in [5, 5.41) is 7.60. The van der Waals surface area contributed by atoms with Gasteiger partial charge in [-0.25, -0.2) is 0 Å². The topological polar surface area (TPSA) is 52.0 Å². The van der Waals surface area contributed by atoms with Crippen LogP contribution in [0.1, 0.15) is 20.3 Å². The molecule has 1 saturated heterocycles. The van der Waals surface area contributed by atoms with Gasteiger partial charge in [-0.1, -0.05) is 30.3 Å². The van der Waals surface area contributed by atoms with E-state index in [1.54, 1.807) is 0 Å². The zero-order chi connectivity index (χ0) is 22.1. The number of para-hydroxylation sites is 1. The number of benzene rings is 2. The number of hydrogen-bond donors (Lipinski definition) is 0. The van der Waals surface area contributed by atoms with E-state index in [4.69, 9.17) is 0 Å². The van der Waals surface area contributed by atoms with Gasteiger partial charge in [-0.3, -0.25) is 14.8 Å². The Bertz CT molecular complexity index is 1170. The van der Waals surface area contributed by atoms with Gasteiger partial charge >= 0.3 is 0 Å². The molecule has 1 aromatic heterocycles. The molecule has 0 bridgehead atoms. The van der Waals surface area contributed by atoms with Gasteiger partial charge in [-0.2, -0.15) is 5.10 Å². The summed E-state index contributed by atoms with van der Waals surface area (Å²) in [5.74, 6) is 0.172. The van der Waals surface area contributed by atoms with E-state index in [-0.39, 0.29) is 5.91 Å². The highest BCUT2D eigenvalue weighted by Crippen LogP contribution is 2.33. The second-order valence-corrected chi connectivity index (χ2v) is 8.78. The second-order valence-electron chi connectivity index (χ2n) is 8.78. The average molecular weight is 428 g/mol. The SMILES string of the molecule is CC1=NN(CC(=O)N2CCN(c3ccccc3-c3ccc4ncccc4c3)CC2)C(C)C1. The molecular weight excluding hydrogens is 398 g/mol. The lowest BCUT2D eigenvalue weighted by atomic mass is 10.0. The number of pyridine rings is 1. The summed E-state index contributed by atoms with van der Waals surface area (Å²) in [4.78, 5) is 21.7. The van der Waals surface area contributed by atoms with E-state index < -0.39 is 0 Å². The third-order valence-corrected chi connectivity index (χ3v) is 6.49. The zero-order valence-electron chi connectivity index (χ0n) is 18.7. The minimum absolute atomic E-state index is 0.172. The average Bonchev–Trinajstić information content (AvgIpc) is 3.15. The lowest BCUT2D eigenvalue weighted by Crippen LogP contribution is -2.51. The molecule has 164 valence electrons. The molecule has 1 unspecified atom stereocenters. The zero-order valence-corrected chi connectivity index (χ0v) is 18.7. The van der Waals surface area contributed by atoms with E-state index >= 15 is 0 Å². The van der Waals surface area contributed by atoms with Crippen molar-refractivity contribution in [1.82, 2.24) is 14.9 Å². The number of hydrogen-bond acceptors (Lipinski definition) is 5. The highest BCUT2D eigenvalue weighted by atomic mass is 16.2. The molecule has 1 atom stereocenters. The number of hydrazone groups is 1. The van der Waals surface area contributed by atoms with Crippen LogP contribution in [0, 0.1) is 0 Å². The minimum atomic E-state index is 0.172. The van der Waals surface area contributed by atoms with Gasteiger partial charge in [0.1, 0.15) is 6.54 Å². The molecule has 5 rings (SSSR count). The van der Waals surface area contributed by atoms with Crippen molar-refractivity contribution in [2.24, 2.45) is 5.10 Å². The fourth-order valence-electron chi connectivity index (χ4n) is 4.75. The maximum absolute atomic E-state index is 12.9. The highest BCUT2D eigenvalue weighted by molar-refractivity contribution is 5.88. The van der Waals surface area contributed by atoms with Gasteiger partial charge in [-0.15, -0.1) is 0 Å². The number of carbonyl (C=O) groups excluding carboxylic acids is 1. The Labute approximate surface area is 189 Å². The second kappa shape index (κ2) is 8.61. The predicted molar refractivity (Wildman–Crippen MR) is 130 cm³/mol. The molecule has 0 saturated carbocycles. The lowest BCUT2D eigenvalue weighted by molar-refractivity contribution is -0.133. The van der Waals surface area contributed by atoms with E-state index in [1.807, 2.05) is 29.1 Å². The maximum Gasteiger partial charge on any atom is 0.243 e. The first-order chi connectivity index (χ1) is 15.6. The summed E-state index contributed by atoms with van der Waals surface area (Å²) in [6, 6.07) is 19.4. The third kappa shape index (κ3) is 4.05. The molecule has 0 N–H and O–H groups in total. The first kappa shape index (κ1) is 20.5. The standard InChI is InChI=1S/C26H29N5O/c1-19-16-20(2)31(28-19)18-26(32)30-14-12-29(13-15-30)25-8-4-3-7-23(25)21-9-10-24-22(17-21)6-5-11-27-24/h3-11,17,20H,12-16,18H2,1-2H3. The van der Waals surface area contributed by atoms with Gasteiger partial charge in [0.2, 0.25) is 5.91 Å². The normalized spacial score (nSPS) is 18.9. The largest absolute Gasteiger partial charge is 0.367 e. The molecule has 0 spiro atoms. The number of rotatable bonds is 4. The molecule has 1 amide bonds. The molecule has 6 heteroatoms. The van der Waals surface area contributed by atoms with Crippen molar-refractivity contribution in [1.29, 1.82) is 0 Å². The molecule has 6 nitrogen and oxygen atoms in total. The molecule has 2 aromatic carbocycles. The van der Waals surface area contributed by atoms with Crippen LogP contribution in [-0.4, -0.2) is 65.3 Å². The van der Waals surface area contributed by atoms with Crippen molar-refractivity contribution in [3.63, 3.8) is 0 Å². The van der Waals surface area contributed by atoms with Crippen LogP contribution in [0.5, 0.6) is 0 Å². The van der Waals surface area contributed by atoms with Crippen LogP contribution in [0.15, 0.2) is 65.9 Å². The summed E-state index contributed by atoms with van der Waals surface area (Å²) >= 11 is 0. The summed E-state index contributed by atoms with van der Waals surface area (Å²) in [6.45, 7) is 7.67. The predicted octanol–water partition coefficient (Wildman–Crippen LogP) is 4.02. The Morgan fingerprint density at radius 1 is 1.03 bits per heavy atom. The first-order valence-corrected chi connectivity index (χ1v) is 11.4. The molecule has 1 fully saturated rings. The van der Waals surface area contributed by atoms with Crippen LogP contribution < -0.4 is 4.90 Å². The van der Waals surface area contributed by atoms with E-state index in [1.165, 1.54) is 16.8 Å². The lowest BCUT2D eigenvalue weighted by Gasteiger charge is -2.37. The smallest absolute Gasteiger partial charge is 0.243 e. The molecular formula is C26H29N5O. The number of fused-ring (bicyclic) bond motifs is 1. The van der Waals surface area contributed by atoms with Crippen molar-refractivity contribution in [3.05, 3.63) is 60.8 Å². The molecule has 0 aliphatic carbocycles. The molecule has 2 aliphatic heterocycles. The molecule has 0 radical (unpaired) electrons. The van der Waals surface area contributed by atoms with Crippen LogP contribution in [0.2, 0.25) is 0 Å². The van der Waals surface area contributed by atoms with E-state index in [0.29, 0.717) is 12.6 Å². The fraction of sp³-hybridized carbons (Fsp3) is 0.346. The van der Waals surface area contributed by atoms with Gasteiger partial charge in [0.25, 0.3) is 0 Å².